The number of para-hydroxylation sites is 1. The van der Waals surface area contributed by atoms with Gasteiger partial charge >= 0.3 is 6.09 Å². The molecule has 1 atom stereocenters. The van der Waals surface area contributed by atoms with Crippen LogP contribution in [0.1, 0.15) is 22.3 Å². The van der Waals surface area contributed by atoms with E-state index < -0.39 is 6.09 Å². The minimum absolute atomic E-state index is 0.0975. The quantitative estimate of drug-likeness (QED) is 0.654. The lowest BCUT2D eigenvalue weighted by molar-refractivity contribution is 0.133. The van der Waals surface area contributed by atoms with E-state index in [0.717, 1.165) is 23.3 Å². The Kier molecular flexibility index (Phi) is 5.52. The van der Waals surface area contributed by atoms with Crippen molar-refractivity contribution in [2.24, 2.45) is 0 Å². The monoisotopic (exact) mass is 387 g/mol. The number of benzene rings is 3. The summed E-state index contributed by atoms with van der Waals surface area (Å²) in [5, 5.41) is 2.83. The number of alkyl carbamates (subject to hydrolysis) is 1. The molecule has 148 valence electrons. The highest BCUT2D eigenvalue weighted by atomic mass is 16.5. The van der Waals surface area contributed by atoms with Gasteiger partial charge in [0.2, 0.25) is 0 Å². The number of hydrogen-bond donors (Lipinski definition) is 1. The van der Waals surface area contributed by atoms with Crippen molar-refractivity contribution in [3.05, 3.63) is 89.0 Å². The summed E-state index contributed by atoms with van der Waals surface area (Å²) in [6.45, 7) is 4.92. The Morgan fingerprint density at radius 3 is 2.48 bits per heavy atom. The molecule has 0 fully saturated rings. The Balaban J connectivity index is 1.39. The van der Waals surface area contributed by atoms with Gasteiger partial charge < -0.3 is 14.8 Å². The molecule has 1 amide bonds. The average molecular weight is 387 g/mol. The average Bonchev–Trinajstić information content (AvgIpc) is 3.15. The van der Waals surface area contributed by atoms with Crippen LogP contribution in [0.4, 0.5) is 4.79 Å². The van der Waals surface area contributed by atoms with Gasteiger partial charge in [-0.05, 0) is 41.7 Å². The van der Waals surface area contributed by atoms with E-state index >= 15 is 0 Å². The smallest absolute Gasteiger partial charge is 0.407 e. The third kappa shape index (κ3) is 4.27. The molecule has 29 heavy (non-hydrogen) atoms. The first-order valence-corrected chi connectivity index (χ1v) is 9.91. The van der Waals surface area contributed by atoms with Gasteiger partial charge in [0, 0.05) is 12.0 Å². The number of nitrogens with one attached hydrogen (secondary N) is 1. The highest BCUT2D eigenvalue weighted by Gasteiger charge is 2.27. The van der Waals surface area contributed by atoms with E-state index in [1.165, 1.54) is 22.3 Å². The molecule has 0 aromatic heterocycles. The van der Waals surface area contributed by atoms with Crippen molar-refractivity contribution in [2.45, 2.75) is 33.0 Å². The summed E-state index contributed by atoms with van der Waals surface area (Å²) in [6, 6.07) is 22.2. The van der Waals surface area contributed by atoms with Crippen LogP contribution in [-0.2, 0) is 17.8 Å². The lowest BCUT2D eigenvalue weighted by Crippen LogP contribution is -2.34. The van der Waals surface area contributed by atoms with E-state index in [2.05, 4.69) is 55.6 Å². The number of carbonyl (C=O) groups is 1. The summed E-state index contributed by atoms with van der Waals surface area (Å²) in [6.07, 6.45) is 0.246. The van der Waals surface area contributed by atoms with E-state index in [-0.39, 0.29) is 12.7 Å². The molecular weight excluding hydrogens is 362 g/mol. The predicted octanol–water partition coefficient (Wildman–Crippen LogP) is 5.20. The van der Waals surface area contributed by atoms with Crippen LogP contribution in [0.25, 0.3) is 11.1 Å². The van der Waals surface area contributed by atoms with Crippen LogP contribution >= 0.6 is 0 Å². The molecule has 0 saturated heterocycles. The standard InChI is InChI=1S/C25H25NO3/c1-17-8-6-9-18(2)23(17)22-13-7-12-20-14-21(29-24(20)22)15-26-25(27)28-16-19-10-4-3-5-11-19/h3-13,21H,14-16H2,1-2H3,(H,26,27). The highest BCUT2D eigenvalue weighted by Crippen LogP contribution is 2.41. The molecular formula is C25H25NO3. The number of amides is 1. The minimum atomic E-state index is -0.427. The Bertz CT molecular complexity index is 994. The summed E-state index contributed by atoms with van der Waals surface area (Å²) >= 11 is 0. The fraction of sp³-hybridized carbons (Fsp3) is 0.240. The van der Waals surface area contributed by atoms with Gasteiger partial charge in [0.25, 0.3) is 0 Å². The van der Waals surface area contributed by atoms with Gasteiger partial charge in [0.1, 0.15) is 18.5 Å². The molecule has 0 aliphatic carbocycles. The molecule has 4 nitrogen and oxygen atoms in total. The maximum Gasteiger partial charge on any atom is 0.407 e. The molecule has 0 bridgehead atoms. The Morgan fingerprint density at radius 1 is 1.00 bits per heavy atom. The second-order valence-corrected chi connectivity index (χ2v) is 7.45. The van der Waals surface area contributed by atoms with Gasteiger partial charge in [-0.3, -0.25) is 0 Å². The summed E-state index contributed by atoms with van der Waals surface area (Å²) < 4.78 is 11.5. The normalized spacial score (nSPS) is 14.8. The summed E-state index contributed by atoms with van der Waals surface area (Å²) in [4.78, 5) is 12.0. The zero-order valence-electron chi connectivity index (χ0n) is 16.8. The first-order chi connectivity index (χ1) is 14.1. The Hall–Kier alpha value is -3.27. The van der Waals surface area contributed by atoms with Gasteiger partial charge in [0.15, 0.2) is 0 Å². The van der Waals surface area contributed by atoms with Gasteiger partial charge in [0.05, 0.1) is 6.54 Å². The zero-order chi connectivity index (χ0) is 20.2. The van der Waals surface area contributed by atoms with Gasteiger partial charge in [-0.25, -0.2) is 4.79 Å². The van der Waals surface area contributed by atoms with Crippen molar-refractivity contribution < 1.29 is 14.3 Å². The van der Waals surface area contributed by atoms with Crippen LogP contribution in [0.15, 0.2) is 66.7 Å². The molecule has 0 saturated carbocycles. The van der Waals surface area contributed by atoms with Crippen molar-refractivity contribution in [1.82, 2.24) is 5.32 Å². The van der Waals surface area contributed by atoms with E-state index in [1.54, 1.807) is 0 Å². The van der Waals surface area contributed by atoms with E-state index in [1.807, 2.05) is 30.3 Å². The van der Waals surface area contributed by atoms with E-state index in [4.69, 9.17) is 9.47 Å². The SMILES string of the molecule is Cc1cccc(C)c1-c1cccc2c1OC(CNC(=O)OCc1ccccc1)C2. The second-order valence-electron chi connectivity index (χ2n) is 7.45. The van der Waals surface area contributed by atoms with Crippen molar-refractivity contribution in [3.63, 3.8) is 0 Å². The molecule has 4 heteroatoms. The van der Waals surface area contributed by atoms with Crippen LogP contribution in [0, 0.1) is 13.8 Å². The lowest BCUT2D eigenvalue weighted by atomic mass is 9.93. The van der Waals surface area contributed by atoms with Gasteiger partial charge in [-0.2, -0.15) is 0 Å². The molecule has 1 unspecified atom stereocenters. The fourth-order valence-electron chi connectivity index (χ4n) is 3.86. The zero-order valence-corrected chi connectivity index (χ0v) is 16.8. The topological polar surface area (TPSA) is 47.6 Å². The molecule has 4 rings (SSSR count). The first kappa shape index (κ1) is 19.1. The molecule has 1 N–H and O–H groups in total. The number of hydrogen-bond acceptors (Lipinski definition) is 3. The largest absolute Gasteiger partial charge is 0.487 e. The summed E-state index contributed by atoms with van der Waals surface area (Å²) in [5.41, 5.74) is 6.94. The van der Waals surface area contributed by atoms with Crippen LogP contribution in [0.3, 0.4) is 0 Å². The second kappa shape index (κ2) is 8.39. The first-order valence-electron chi connectivity index (χ1n) is 9.91. The van der Waals surface area contributed by atoms with Gasteiger partial charge in [-0.1, -0.05) is 66.7 Å². The fourth-order valence-corrected chi connectivity index (χ4v) is 3.86. The molecule has 3 aromatic rings. The number of ether oxygens (including phenoxy) is 2. The third-order valence-electron chi connectivity index (χ3n) is 5.27. The van der Waals surface area contributed by atoms with Crippen molar-refractivity contribution in [1.29, 1.82) is 0 Å². The predicted molar refractivity (Wildman–Crippen MR) is 114 cm³/mol. The highest BCUT2D eigenvalue weighted by molar-refractivity contribution is 5.78. The molecule has 0 spiro atoms. The number of fused-ring (bicyclic) bond motifs is 1. The molecule has 0 radical (unpaired) electrons. The molecule has 1 heterocycles. The molecule has 1 aliphatic rings. The number of aryl methyl sites for hydroxylation is 2. The van der Waals surface area contributed by atoms with Crippen molar-refractivity contribution >= 4 is 6.09 Å². The van der Waals surface area contributed by atoms with E-state index in [0.29, 0.717) is 6.54 Å². The molecule has 1 aliphatic heterocycles. The number of carbonyl (C=O) groups excluding carboxylic acids is 1. The third-order valence-corrected chi connectivity index (χ3v) is 5.27. The van der Waals surface area contributed by atoms with Crippen molar-refractivity contribution in [2.75, 3.05) is 6.54 Å². The number of rotatable bonds is 5. The molecule has 3 aromatic carbocycles. The van der Waals surface area contributed by atoms with Crippen molar-refractivity contribution in [3.8, 4) is 16.9 Å². The Morgan fingerprint density at radius 2 is 1.72 bits per heavy atom. The summed E-state index contributed by atoms with van der Waals surface area (Å²) in [7, 11) is 0. The maximum absolute atomic E-state index is 12.0. The Labute approximate surface area is 171 Å². The van der Waals surface area contributed by atoms with Crippen LogP contribution in [0.2, 0.25) is 0 Å². The van der Waals surface area contributed by atoms with Crippen LogP contribution in [0.5, 0.6) is 5.75 Å². The van der Waals surface area contributed by atoms with Crippen LogP contribution < -0.4 is 10.1 Å². The minimum Gasteiger partial charge on any atom is -0.487 e. The van der Waals surface area contributed by atoms with E-state index in [9.17, 15) is 4.79 Å². The van der Waals surface area contributed by atoms with Gasteiger partial charge in [-0.15, -0.1) is 0 Å². The maximum atomic E-state index is 12.0. The van der Waals surface area contributed by atoms with Crippen LogP contribution in [-0.4, -0.2) is 18.7 Å². The lowest BCUT2D eigenvalue weighted by Gasteiger charge is -2.16. The summed E-state index contributed by atoms with van der Waals surface area (Å²) in [5.74, 6) is 0.925.